The average molecular weight is 187 g/mol. The Morgan fingerprint density at radius 1 is 1.08 bits per heavy atom. The summed E-state index contributed by atoms with van der Waals surface area (Å²) in [5.74, 6) is 1.45. The molecule has 0 aliphatic carbocycles. The number of hydrogen-bond donors (Lipinski definition) is 0. The Morgan fingerprint density at radius 3 is 2.17 bits per heavy atom. The molecule has 0 aliphatic heterocycles. The van der Waals surface area contributed by atoms with Gasteiger partial charge in [-0.15, -0.1) is 0 Å². The van der Waals surface area contributed by atoms with E-state index in [1.165, 1.54) is 0 Å². The van der Waals surface area contributed by atoms with Crippen LogP contribution in [0.1, 0.15) is 5.56 Å². The third kappa shape index (κ3) is 1.64. The first-order valence-electron chi connectivity index (χ1n) is 3.57. The standard InChI is InChI=1S/C9H11ClO2/c1-6-4-9(12-3)7(10)5-8(6)11-2/h4-5H,1-3H3. The normalized spacial score (nSPS) is 9.67. The largest absolute Gasteiger partial charge is 0.496 e. The topological polar surface area (TPSA) is 18.5 Å². The van der Waals surface area contributed by atoms with E-state index in [0.717, 1.165) is 11.3 Å². The van der Waals surface area contributed by atoms with Gasteiger partial charge < -0.3 is 9.47 Å². The second kappa shape index (κ2) is 3.68. The Labute approximate surface area is 77.1 Å². The maximum absolute atomic E-state index is 5.88. The van der Waals surface area contributed by atoms with Gasteiger partial charge in [0.1, 0.15) is 11.5 Å². The van der Waals surface area contributed by atoms with Crippen molar-refractivity contribution in [1.29, 1.82) is 0 Å². The van der Waals surface area contributed by atoms with Gasteiger partial charge in [0.15, 0.2) is 0 Å². The van der Waals surface area contributed by atoms with Crippen LogP contribution in [-0.2, 0) is 0 Å². The summed E-state index contributed by atoms with van der Waals surface area (Å²) in [5.41, 5.74) is 1.01. The van der Waals surface area contributed by atoms with Crippen molar-refractivity contribution >= 4 is 11.6 Å². The molecule has 0 unspecified atom stereocenters. The summed E-state index contributed by atoms with van der Waals surface area (Å²) in [5, 5.41) is 0.569. The van der Waals surface area contributed by atoms with Gasteiger partial charge in [-0.2, -0.15) is 0 Å². The van der Waals surface area contributed by atoms with E-state index < -0.39 is 0 Å². The predicted octanol–water partition coefficient (Wildman–Crippen LogP) is 2.67. The van der Waals surface area contributed by atoms with Gasteiger partial charge in [0.05, 0.1) is 19.2 Å². The first-order chi connectivity index (χ1) is 5.69. The summed E-state index contributed by atoms with van der Waals surface area (Å²) in [6.45, 7) is 1.94. The molecule has 3 heteroatoms. The van der Waals surface area contributed by atoms with Crippen molar-refractivity contribution in [2.45, 2.75) is 6.92 Å². The fraction of sp³-hybridized carbons (Fsp3) is 0.333. The van der Waals surface area contributed by atoms with Crippen LogP contribution >= 0.6 is 11.6 Å². The highest BCUT2D eigenvalue weighted by Gasteiger charge is 2.05. The van der Waals surface area contributed by atoms with Gasteiger partial charge in [-0.3, -0.25) is 0 Å². The second-order valence-corrected chi connectivity index (χ2v) is 2.86. The van der Waals surface area contributed by atoms with Crippen LogP contribution in [0.15, 0.2) is 12.1 Å². The molecular weight excluding hydrogens is 176 g/mol. The lowest BCUT2D eigenvalue weighted by Crippen LogP contribution is -1.90. The zero-order chi connectivity index (χ0) is 9.14. The van der Waals surface area contributed by atoms with Gasteiger partial charge in [0, 0.05) is 6.07 Å². The predicted molar refractivity (Wildman–Crippen MR) is 49.3 cm³/mol. The van der Waals surface area contributed by atoms with E-state index in [1.807, 2.05) is 13.0 Å². The van der Waals surface area contributed by atoms with Crippen molar-refractivity contribution in [2.24, 2.45) is 0 Å². The van der Waals surface area contributed by atoms with Crippen molar-refractivity contribution in [3.8, 4) is 11.5 Å². The van der Waals surface area contributed by atoms with Crippen molar-refractivity contribution in [1.82, 2.24) is 0 Å². The lowest BCUT2D eigenvalue weighted by Gasteiger charge is -2.08. The van der Waals surface area contributed by atoms with Crippen LogP contribution < -0.4 is 9.47 Å². The molecule has 12 heavy (non-hydrogen) atoms. The fourth-order valence-corrected chi connectivity index (χ4v) is 1.24. The Bertz CT molecular complexity index is 254. The van der Waals surface area contributed by atoms with E-state index in [-0.39, 0.29) is 0 Å². The van der Waals surface area contributed by atoms with Crippen molar-refractivity contribution in [3.63, 3.8) is 0 Å². The lowest BCUT2D eigenvalue weighted by molar-refractivity contribution is 0.400. The smallest absolute Gasteiger partial charge is 0.137 e. The molecule has 2 nitrogen and oxygen atoms in total. The molecule has 0 N–H and O–H groups in total. The molecule has 0 bridgehead atoms. The zero-order valence-electron chi connectivity index (χ0n) is 7.35. The molecule has 0 fully saturated rings. The second-order valence-electron chi connectivity index (χ2n) is 2.46. The molecule has 1 rings (SSSR count). The molecule has 0 saturated carbocycles. The van der Waals surface area contributed by atoms with E-state index in [4.69, 9.17) is 21.1 Å². The number of ether oxygens (including phenoxy) is 2. The highest BCUT2D eigenvalue weighted by Crippen LogP contribution is 2.31. The van der Waals surface area contributed by atoms with Gasteiger partial charge >= 0.3 is 0 Å². The van der Waals surface area contributed by atoms with Crippen LogP contribution in [0.5, 0.6) is 11.5 Å². The molecule has 1 aromatic rings. The molecule has 0 atom stereocenters. The number of aryl methyl sites for hydroxylation is 1. The van der Waals surface area contributed by atoms with Gasteiger partial charge in [-0.05, 0) is 18.6 Å². The lowest BCUT2D eigenvalue weighted by atomic mass is 10.2. The summed E-state index contributed by atoms with van der Waals surface area (Å²) in [4.78, 5) is 0. The highest BCUT2D eigenvalue weighted by molar-refractivity contribution is 6.32. The summed E-state index contributed by atoms with van der Waals surface area (Å²) in [6, 6.07) is 3.59. The summed E-state index contributed by atoms with van der Waals surface area (Å²) in [7, 11) is 3.21. The Morgan fingerprint density at radius 2 is 1.67 bits per heavy atom. The summed E-state index contributed by atoms with van der Waals surface area (Å²) in [6.07, 6.45) is 0. The van der Waals surface area contributed by atoms with Crippen LogP contribution in [0.25, 0.3) is 0 Å². The molecule has 0 heterocycles. The van der Waals surface area contributed by atoms with Gasteiger partial charge in [0.25, 0.3) is 0 Å². The fourth-order valence-electron chi connectivity index (χ4n) is 1.01. The Balaban J connectivity index is 3.16. The SMILES string of the molecule is COc1cc(Cl)c(OC)cc1C. The maximum atomic E-state index is 5.88. The van der Waals surface area contributed by atoms with Crippen LogP contribution in [0, 0.1) is 6.92 Å². The number of benzene rings is 1. The number of methoxy groups -OCH3 is 2. The quantitative estimate of drug-likeness (QED) is 0.707. The molecule has 66 valence electrons. The van der Waals surface area contributed by atoms with E-state index >= 15 is 0 Å². The van der Waals surface area contributed by atoms with Crippen LogP contribution in [-0.4, -0.2) is 14.2 Å². The maximum Gasteiger partial charge on any atom is 0.137 e. The van der Waals surface area contributed by atoms with E-state index in [9.17, 15) is 0 Å². The third-order valence-electron chi connectivity index (χ3n) is 1.67. The highest BCUT2D eigenvalue weighted by atomic mass is 35.5. The third-order valence-corrected chi connectivity index (χ3v) is 1.96. The van der Waals surface area contributed by atoms with Gasteiger partial charge in [-0.25, -0.2) is 0 Å². The monoisotopic (exact) mass is 186 g/mol. The zero-order valence-corrected chi connectivity index (χ0v) is 8.11. The van der Waals surface area contributed by atoms with Crippen LogP contribution in [0.2, 0.25) is 5.02 Å². The first-order valence-corrected chi connectivity index (χ1v) is 3.95. The minimum Gasteiger partial charge on any atom is -0.496 e. The van der Waals surface area contributed by atoms with E-state index in [0.29, 0.717) is 10.8 Å². The molecule has 0 saturated heterocycles. The first kappa shape index (κ1) is 9.20. The van der Waals surface area contributed by atoms with Crippen molar-refractivity contribution in [3.05, 3.63) is 22.7 Å². The molecule has 0 radical (unpaired) electrons. The van der Waals surface area contributed by atoms with Crippen molar-refractivity contribution < 1.29 is 9.47 Å². The van der Waals surface area contributed by atoms with Crippen molar-refractivity contribution in [2.75, 3.05) is 14.2 Å². The molecule has 0 aromatic heterocycles. The molecule has 0 aliphatic rings. The minimum absolute atomic E-state index is 0.569. The number of halogens is 1. The number of rotatable bonds is 2. The Kier molecular flexibility index (Phi) is 2.82. The molecular formula is C9H11ClO2. The number of hydrogen-bond acceptors (Lipinski definition) is 2. The van der Waals surface area contributed by atoms with Crippen LogP contribution in [0.3, 0.4) is 0 Å². The Hall–Kier alpha value is -0.890. The molecule has 0 amide bonds. The van der Waals surface area contributed by atoms with Gasteiger partial charge in [0.2, 0.25) is 0 Å². The molecule has 1 aromatic carbocycles. The van der Waals surface area contributed by atoms with Gasteiger partial charge in [-0.1, -0.05) is 11.6 Å². The van der Waals surface area contributed by atoms with E-state index in [2.05, 4.69) is 0 Å². The van der Waals surface area contributed by atoms with Crippen LogP contribution in [0.4, 0.5) is 0 Å². The average Bonchev–Trinajstić information content (AvgIpc) is 2.08. The minimum atomic E-state index is 0.569. The van der Waals surface area contributed by atoms with E-state index in [1.54, 1.807) is 20.3 Å². The molecule has 0 spiro atoms. The summed E-state index contributed by atoms with van der Waals surface area (Å²) < 4.78 is 10.1. The summed E-state index contributed by atoms with van der Waals surface area (Å²) >= 11 is 5.88.